The van der Waals surface area contributed by atoms with E-state index in [1.54, 1.807) is 0 Å². The van der Waals surface area contributed by atoms with E-state index in [0.717, 1.165) is 51.6 Å². The molecule has 0 heterocycles. The molecule has 2 aromatic rings. The van der Waals surface area contributed by atoms with Crippen molar-refractivity contribution in [2.45, 2.75) is 103 Å². The van der Waals surface area contributed by atoms with Crippen LogP contribution < -0.4 is 10.4 Å². The molecule has 0 unspecified atom stereocenters. The Labute approximate surface area is 250 Å². The van der Waals surface area contributed by atoms with E-state index in [1.807, 2.05) is 6.08 Å². The summed E-state index contributed by atoms with van der Waals surface area (Å²) < 4.78 is 7.06. The van der Waals surface area contributed by atoms with Crippen LogP contribution in [0.25, 0.3) is 0 Å². The van der Waals surface area contributed by atoms with Gasteiger partial charge in [0.15, 0.2) is 0 Å². The first-order valence-electron chi connectivity index (χ1n) is 16.1. The molecule has 0 aliphatic heterocycles. The number of aliphatic hydroxyl groups is 1. The molecule has 0 radical (unpaired) electrons. The third-order valence-electron chi connectivity index (χ3n) is 9.32. The first-order valence-corrected chi connectivity index (χ1v) is 18.0. The van der Waals surface area contributed by atoms with E-state index >= 15 is 0 Å². The Morgan fingerprint density at radius 2 is 1.59 bits per heavy atom. The van der Waals surface area contributed by atoms with Crippen LogP contribution in [0.1, 0.15) is 91.9 Å². The number of allylic oxidation sites excluding steroid dienone is 3. The minimum atomic E-state index is -2.46. The van der Waals surface area contributed by atoms with Gasteiger partial charge >= 0.3 is 0 Å². The normalized spacial score (nSPS) is 21.8. The van der Waals surface area contributed by atoms with Crippen molar-refractivity contribution in [2.75, 3.05) is 6.61 Å². The van der Waals surface area contributed by atoms with Gasteiger partial charge in [0.2, 0.25) is 0 Å². The summed E-state index contributed by atoms with van der Waals surface area (Å²) in [6, 6.07) is 21.8. The van der Waals surface area contributed by atoms with Crippen LogP contribution in [-0.4, -0.2) is 31.9 Å². The lowest BCUT2D eigenvalue weighted by molar-refractivity contribution is -0.123. The number of ketones is 1. The van der Waals surface area contributed by atoms with Gasteiger partial charge in [0, 0.05) is 13.0 Å². The second kappa shape index (κ2) is 14.8. The molecule has 2 aliphatic rings. The highest BCUT2D eigenvalue weighted by atomic mass is 28.4. The van der Waals surface area contributed by atoms with Crippen LogP contribution in [0, 0.1) is 17.8 Å². The van der Waals surface area contributed by atoms with Crippen molar-refractivity contribution in [2.24, 2.45) is 17.8 Å². The number of benzene rings is 2. The summed E-state index contributed by atoms with van der Waals surface area (Å²) in [4.78, 5) is 12.7. The fourth-order valence-corrected chi connectivity index (χ4v) is 11.9. The summed E-state index contributed by atoms with van der Waals surface area (Å²) in [6.07, 6.45) is 16.3. The molecule has 0 saturated heterocycles. The molecule has 41 heavy (non-hydrogen) atoms. The summed E-state index contributed by atoms with van der Waals surface area (Å²) in [5.74, 6) is 0.632. The number of Topliss-reactive ketones (excluding diaryl/α,β-unsaturated/α-hetero) is 1. The summed E-state index contributed by atoms with van der Waals surface area (Å²) in [5, 5.41) is 13.5. The highest BCUT2D eigenvalue weighted by Gasteiger charge is 2.50. The smallest absolute Gasteiger partial charge is 0.261 e. The molecule has 0 spiro atoms. The average Bonchev–Trinajstić information content (AvgIpc) is 3.48. The van der Waals surface area contributed by atoms with E-state index in [2.05, 4.69) is 101 Å². The minimum absolute atomic E-state index is 0.00535. The third-order valence-corrected chi connectivity index (χ3v) is 14.4. The zero-order valence-corrected chi connectivity index (χ0v) is 26.9. The monoisotopic (exact) mass is 572 g/mol. The number of hydrogen-bond acceptors (Lipinski definition) is 3. The Kier molecular flexibility index (Phi) is 11.4. The molecule has 4 heteroatoms. The lowest BCUT2D eigenvalue weighted by atomic mass is 9.85. The molecule has 2 aliphatic carbocycles. The third kappa shape index (κ3) is 7.58. The van der Waals surface area contributed by atoms with Crippen molar-refractivity contribution in [3.8, 4) is 0 Å². The topological polar surface area (TPSA) is 46.5 Å². The van der Waals surface area contributed by atoms with Crippen LogP contribution >= 0.6 is 0 Å². The molecule has 1 saturated carbocycles. The van der Waals surface area contributed by atoms with Crippen LogP contribution in [0.3, 0.4) is 0 Å². The molecular weight excluding hydrogens is 520 g/mol. The predicted molar refractivity (Wildman–Crippen MR) is 174 cm³/mol. The van der Waals surface area contributed by atoms with Crippen LogP contribution in [0.4, 0.5) is 0 Å². The number of hydrogen-bond donors (Lipinski definition) is 1. The maximum Gasteiger partial charge on any atom is 0.261 e. The van der Waals surface area contributed by atoms with Gasteiger partial charge < -0.3 is 9.53 Å². The molecular formula is C37H52O3Si. The summed E-state index contributed by atoms with van der Waals surface area (Å²) >= 11 is 0. The Morgan fingerprint density at radius 3 is 2.20 bits per heavy atom. The molecule has 1 fully saturated rings. The molecule has 1 N–H and O–H groups in total. The van der Waals surface area contributed by atoms with Gasteiger partial charge in [0.05, 0.1) is 12.0 Å². The van der Waals surface area contributed by atoms with E-state index in [0.29, 0.717) is 12.3 Å². The summed E-state index contributed by atoms with van der Waals surface area (Å²) in [6.45, 7) is 9.97. The number of carbonyl (C=O) groups excluding carboxylic acids is 1. The molecule has 2 aromatic carbocycles. The van der Waals surface area contributed by atoms with Gasteiger partial charge in [0.1, 0.15) is 5.78 Å². The van der Waals surface area contributed by atoms with Crippen LogP contribution in [0.15, 0.2) is 84.5 Å². The van der Waals surface area contributed by atoms with Crippen molar-refractivity contribution < 1.29 is 14.3 Å². The SMILES string of the molecule is CCCCC/C=C/[C@@H](O)[C@H]1C(=O)C[C@@H]2C=C(CCCCCO[Si](c3ccccc3)(c3ccccc3)C(C)(C)C)C[C@H]12. The van der Waals surface area contributed by atoms with Crippen molar-refractivity contribution in [1.82, 2.24) is 0 Å². The number of carbonyl (C=O) groups is 1. The zero-order valence-electron chi connectivity index (χ0n) is 25.9. The largest absolute Gasteiger partial charge is 0.407 e. The second-order valence-corrected chi connectivity index (χ2v) is 17.6. The number of fused-ring (bicyclic) bond motifs is 1. The van der Waals surface area contributed by atoms with Crippen molar-refractivity contribution in [3.05, 3.63) is 84.5 Å². The Hall–Kier alpha value is -2.27. The van der Waals surface area contributed by atoms with Gasteiger partial charge in [0.25, 0.3) is 8.32 Å². The molecule has 222 valence electrons. The van der Waals surface area contributed by atoms with E-state index < -0.39 is 14.4 Å². The van der Waals surface area contributed by atoms with Crippen molar-refractivity contribution in [1.29, 1.82) is 0 Å². The Morgan fingerprint density at radius 1 is 0.927 bits per heavy atom. The zero-order chi connectivity index (χ0) is 29.3. The Bertz CT molecular complexity index is 1110. The fraction of sp³-hybridized carbons (Fsp3) is 0.541. The predicted octanol–water partition coefficient (Wildman–Crippen LogP) is 7.77. The lowest BCUT2D eigenvalue weighted by Crippen LogP contribution is -2.66. The van der Waals surface area contributed by atoms with Gasteiger partial charge in [-0.2, -0.15) is 0 Å². The quantitative estimate of drug-likeness (QED) is 0.135. The van der Waals surface area contributed by atoms with E-state index in [1.165, 1.54) is 28.8 Å². The summed E-state index contributed by atoms with van der Waals surface area (Å²) in [5.41, 5.74) is 1.49. The van der Waals surface area contributed by atoms with Crippen molar-refractivity contribution >= 4 is 24.5 Å². The molecule has 0 amide bonds. The van der Waals surface area contributed by atoms with Gasteiger partial charge in [-0.05, 0) is 65.8 Å². The Balaban J connectivity index is 1.29. The molecule has 4 atom stereocenters. The van der Waals surface area contributed by atoms with Gasteiger partial charge in [-0.1, -0.05) is 131 Å². The lowest BCUT2D eigenvalue weighted by Gasteiger charge is -2.43. The second-order valence-electron chi connectivity index (χ2n) is 13.3. The van der Waals surface area contributed by atoms with Crippen molar-refractivity contribution in [3.63, 3.8) is 0 Å². The fourth-order valence-electron chi connectivity index (χ4n) is 7.27. The van der Waals surface area contributed by atoms with Gasteiger partial charge in [-0.15, -0.1) is 0 Å². The van der Waals surface area contributed by atoms with Gasteiger partial charge in [-0.25, -0.2) is 0 Å². The minimum Gasteiger partial charge on any atom is -0.407 e. The molecule has 0 bridgehead atoms. The highest BCUT2D eigenvalue weighted by Crippen LogP contribution is 2.47. The van der Waals surface area contributed by atoms with Crippen LogP contribution in [0.5, 0.6) is 0 Å². The first kappa shape index (κ1) is 31.7. The molecule has 4 rings (SSSR count). The number of unbranched alkanes of at least 4 members (excludes halogenated alkanes) is 5. The highest BCUT2D eigenvalue weighted by molar-refractivity contribution is 6.99. The van der Waals surface area contributed by atoms with Gasteiger partial charge in [-0.3, -0.25) is 4.79 Å². The molecule has 3 nitrogen and oxygen atoms in total. The van der Waals surface area contributed by atoms with Crippen LogP contribution in [0.2, 0.25) is 5.04 Å². The molecule has 0 aromatic heterocycles. The summed E-state index contributed by atoms with van der Waals surface area (Å²) in [7, 11) is -2.46. The van der Waals surface area contributed by atoms with Crippen LogP contribution in [-0.2, 0) is 9.22 Å². The maximum atomic E-state index is 12.7. The number of rotatable bonds is 15. The van der Waals surface area contributed by atoms with E-state index in [9.17, 15) is 9.90 Å². The number of aliphatic hydroxyl groups excluding tert-OH is 1. The van der Waals surface area contributed by atoms with E-state index in [4.69, 9.17) is 4.43 Å². The first-order chi connectivity index (χ1) is 19.8. The maximum absolute atomic E-state index is 12.7. The standard InChI is InChI=1S/C37H52O3Si/c1-5-6-7-8-17-24-34(38)36-33-27-29(26-30(33)28-35(36)39)19-12-11-18-25-40-41(37(2,3)4,31-20-13-9-14-21-31)32-22-15-10-16-23-32/h9-10,13-17,20-24,26,30,33-34,36,38H,5-8,11-12,18-19,25,27-28H2,1-4H3/b24-17+/t30-,33-,34+,36-/m0/s1. The average molecular weight is 573 g/mol. The van der Waals surface area contributed by atoms with E-state index in [-0.39, 0.29) is 22.7 Å².